The first-order valence-electron chi connectivity index (χ1n) is 4.97. The number of carbonyl (C=O) groups excluding carboxylic acids is 1. The van der Waals surface area contributed by atoms with E-state index in [4.69, 9.17) is 5.26 Å². The zero-order valence-electron chi connectivity index (χ0n) is 7.70. The van der Waals surface area contributed by atoms with Crippen LogP contribution in [0.15, 0.2) is 0 Å². The molecular formula is C10H14N2O. The van der Waals surface area contributed by atoms with Gasteiger partial charge in [0, 0.05) is 19.5 Å². The largest absolute Gasteiger partial charge is 0.341 e. The maximum Gasteiger partial charge on any atom is 0.224 e. The van der Waals surface area contributed by atoms with E-state index < -0.39 is 0 Å². The average molecular weight is 178 g/mol. The quantitative estimate of drug-likeness (QED) is 0.636. The van der Waals surface area contributed by atoms with Gasteiger partial charge in [-0.1, -0.05) is 6.42 Å². The zero-order chi connectivity index (χ0) is 9.26. The number of nitrogens with zero attached hydrogens (tertiary/aromatic N) is 2. The third-order valence-corrected chi connectivity index (χ3v) is 3.10. The Kier molecular flexibility index (Phi) is 2.22. The number of amides is 1. The minimum absolute atomic E-state index is 0.0485. The van der Waals surface area contributed by atoms with Crippen molar-refractivity contribution in [3.63, 3.8) is 0 Å². The molecule has 0 aromatic heterocycles. The summed E-state index contributed by atoms with van der Waals surface area (Å²) in [7, 11) is 0. The van der Waals surface area contributed by atoms with E-state index in [1.165, 1.54) is 19.3 Å². The van der Waals surface area contributed by atoms with Crippen molar-refractivity contribution in [3.05, 3.63) is 0 Å². The zero-order valence-corrected chi connectivity index (χ0v) is 7.70. The summed E-state index contributed by atoms with van der Waals surface area (Å²) in [5.41, 5.74) is 0. The second-order valence-electron chi connectivity index (χ2n) is 4.13. The van der Waals surface area contributed by atoms with Gasteiger partial charge in [-0.05, 0) is 18.8 Å². The van der Waals surface area contributed by atoms with Crippen molar-refractivity contribution in [1.29, 1.82) is 5.26 Å². The van der Waals surface area contributed by atoms with Crippen LogP contribution < -0.4 is 0 Å². The fourth-order valence-electron chi connectivity index (χ4n) is 2.02. The molecule has 1 saturated heterocycles. The molecule has 1 amide bonds. The molecule has 2 fully saturated rings. The van der Waals surface area contributed by atoms with Crippen molar-refractivity contribution >= 4 is 5.91 Å². The Labute approximate surface area is 78.3 Å². The highest BCUT2D eigenvalue weighted by Gasteiger charge is 2.32. The van der Waals surface area contributed by atoms with Crippen LogP contribution in [0.25, 0.3) is 0 Å². The lowest BCUT2D eigenvalue weighted by Gasteiger charge is -2.29. The first kappa shape index (κ1) is 8.55. The predicted molar refractivity (Wildman–Crippen MR) is 47.6 cm³/mol. The summed E-state index contributed by atoms with van der Waals surface area (Å²) in [5, 5.41) is 8.68. The van der Waals surface area contributed by atoms with Crippen LogP contribution in [0.5, 0.6) is 0 Å². The molecule has 0 bridgehead atoms. The molecule has 2 aliphatic rings. The van der Waals surface area contributed by atoms with Gasteiger partial charge in [0.25, 0.3) is 0 Å². The number of hydrogen-bond acceptors (Lipinski definition) is 2. The van der Waals surface area contributed by atoms with Crippen LogP contribution in [-0.4, -0.2) is 23.9 Å². The van der Waals surface area contributed by atoms with E-state index in [2.05, 4.69) is 6.07 Å². The Morgan fingerprint density at radius 1 is 1.54 bits per heavy atom. The van der Waals surface area contributed by atoms with Gasteiger partial charge in [-0.15, -0.1) is 0 Å². The summed E-state index contributed by atoms with van der Waals surface area (Å²) in [4.78, 5) is 13.3. The molecule has 0 aromatic rings. The summed E-state index contributed by atoms with van der Waals surface area (Å²) in [6.07, 6.45) is 4.29. The molecule has 0 aromatic carbocycles. The van der Waals surface area contributed by atoms with Crippen molar-refractivity contribution in [2.24, 2.45) is 11.8 Å². The van der Waals surface area contributed by atoms with Gasteiger partial charge in [0.15, 0.2) is 0 Å². The molecule has 1 unspecified atom stereocenters. The number of likely N-dealkylation sites (tertiary alicyclic amines) is 1. The van der Waals surface area contributed by atoms with Gasteiger partial charge in [-0.2, -0.15) is 5.26 Å². The minimum Gasteiger partial charge on any atom is -0.341 e. The fourth-order valence-corrected chi connectivity index (χ4v) is 2.02. The SMILES string of the molecule is N#CC1CC(=O)N(CC2CCC2)C1. The Bertz CT molecular complexity index is 252. The topological polar surface area (TPSA) is 44.1 Å². The van der Waals surface area contributed by atoms with Crippen molar-refractivity contribution < 1.29 is 4.79 Å². The van der Waals surface area contributed by atoms with Crippen molar-refractivity contribution in [1.82, 2.24) is 4.90 Å². The van der Waals surface area contributed by atoms with Gasteiger partial charge in [0.05, 0.1) is 12.0 Å². The number of rotatable bonds is 2. The molecule has 70 valence electrons. The van der Waals surface area contributed by atoms with E-state index in [1.54, 1.807) is 0 Å². The molecular weight excluding hydrogens is 164 g/mol. The van der Waals surface area contributed by atoms with E-state index in [9.17, 15) is 4.79 Å². The lowest BCUT2D eigenvalue weighted by molar-refractivity contribution is -0.128. The highest BCUT2D eigenvalue weighted by molar-refractivity contribution is 5.79. The van der Waals surface area contributed by atoms with Crippen LogP contribution in [0.2, 0.25) is 0 Å². The van der Waals surface area contributed by atoms with Crippen molar-refractivity contribution in [2.75, 3.05) is 13.1 Å². The van der Waals surface area contributed by atoms with Crippen LogP contribution >= 0.6 is 0 Å². The van der Waals surface area contributed by atoms with Crippen molar-refractivity contribution in [2.45, 2.75) is 25.7 Å². The highest BCUT2D eigenvalue weighted by Crippen LogP contribution is 2.29. The molecule has 3 heteroatoms. The van der Waals surface area contributed by atoms with E-state index in [0.717, 1.165) is 12.5 Å². The molecule has 13 heavy (non-hydrogen) atoms. The van der Waals surface area contributed by atoms with Crippen molar-refractivity contribution in [3.8, 4) is 6.07 Å². The Balaban J connectivity index is 1.86. The summed E-state index contributed by atoms with van der Waals surface area (Å²) >= 11 is 0. The molecule has 1 aliphatic carbocycles. The fraction of sp³-hybridized carbons (Fsp3) is 0.800. The second kappa shape index (κ2) is 3.37. The highest BCUT2D eigenvalue weighted by atomic mass is 16.2. The second-order valence-corrected chi connectivity index (χ2v) is 4.13. The lowest BCUT2D eigenvalue weighted by Crippen LogP contribution is -2.33. The third kappa shape index (κ3) is 1.67. The smallest absolute Gasteiger partial charge is 0.224 e. The normalized spacial score (nSPS) is 28.7. The Morgan fingerprint density at radius 3 is 2.77 bits per heavy atom. The first-order valence-corrected chi connectivity index (χ1v) is 4.97. The van der Waals surface area contributed by atoms with Crippen LogP contribution in [0, 0.1) is 23.2 Å². The monoisotopic (exact) mass is 178 g/mol. The predicted octanol–water partition coefficient (Wildman–Crippen LogP) is 1.16. The number of hydrogen-bond donors (Lipinski definition) is 0. The molecule has 2 rings (SSSR count). The molecule has 1 aliphatic heterocycles. The number of carbonyl (C=O) groups is 1. The minimum atomic E-state index is -0.0485. The van der Waals surface area contributed by atoms with Crippen LogP contribution in [-0.2, 0) is 4.79 Å². The van der Waals surface area contributed by atoms with Gasteiger partial charge in [-0.3, -0.25) is 4.79 Å². The van der Waals surface area contributed by atoms with Gasteiger partial charge in [0.1, 0.15) is 0 Å². The van der Waals surface area contributed by atoms with Gasteiger partial charge >= 0.3 is 0 Å². The van der Waals surface area contributed by atoms with Crippen LogP contribution in [0.3, 0.4) is 0 Å². The molecule has 0 spiro atoms. The van der Waals surface area contributed by atoms with Crippen LogP contribution in [0.1, 0.15) is 25.7 Å². The maximum absolute atomic E-state index is 11.4. The van der Waals surface area contributed by atoms with E-state index in [-0.39, 0.29) is 11.8 Å². The average Bonchev–Trinajstić information content (AvgIpc) is 2.39. The van der Waals surface area contributed by atoms with E-state index in [0.29, 0.717) is 13.0 Å². The summed E-state index contributed by atoms with van der Waals surface area (Å²) in [5.74, 6) is 0.854. The van der Waals surface area contributed by atoms with Gasteiger partial charge in [-0.25, -0.2) is 0 Å². The summed E-state index contributed by atoms with van der Waals surface area (Å²) in [6, 6.07) is 2.17. The Hall–Kier alpha value is -1.04. The van der Waals surface area contributed by atoms with E-state index in [1.807, 2.05) is 4.90 Å². The molecule has 1 atom stereocenters. The third-order valence-electron chi connectivity index (χ3n) is 3.10. The molecule has 1 heterocycles. The molecule has 1 saturated carbocycles. The summed E-state index contributed by atoms with van der Waals surface area (Å²) < 4.78 is 0. The Morgan fingerprint density at radius 2 is 2.31 bits per heavy atom. The lowest BCUT2D eigenvalue weighted by atomic mass is 9.85. The molecule has 0 N–H and O–H groups in total. The summed E-state index contributed by atoms with van der Waals surface area (Å²) in [6.45, 7) is 1.57. The van der Waals surface area contributed by atoms with Gasteiger partial charge in [0.2, 0.25) is 5.91 Å². The first-order chi connectivity index (χ1) is 6.29. The van der Waals surface area contributed by atoms with Crippen LogP contribution in [0.4, 0.5) is 0 Å². The standard InChI is InChI=1S/C10H14N2O/c11-5-9-4-10(13)12(7-9)6-8-2-1-3-8/h8-9H,1-4,6-7H2. The van der Waals surface area contributed by atoms with Gasteiger partial charge < -0.3 is 4.90 Å². The van der Waals surface area contributed by atoms with E-state index >= 15 is 0 Å². The molecule has 0 radical (unpaired) electrons. The number of nitriles is 1. The molecule has 3 nitrogen and oxygen atoms in total. The maximum atomic E-state index is 11.4.